The molecular weight excluding hydrogens is 261 g/mol. The van der Waals surface area contributed by atoms with E-state index in [0.717, 1.165) is 10.6 Å². The highest BCUT2D eigenvalue weighted by Gasteiger charge is 2.08. The number of thioether (sulfide) groups is 1. The third-order valence-electron chi connectivity index (χ3n) is 2.63. The molecule has 2 aromatic rings. The average molecular weight is 273 g/mol. The minimum Gasteiger partial charge on any atom is -0.497 e. The number of methoxy groups -OCH3 is 1. The van der Waals surface area contributed by atoms with Crippen LogP contribution in [0.3, 0.4) is 0 Å². The molecule has 0 heterocycles. The maximum Gasteiger partial charge on any atom is 0.144 e. The predicted octanol–water partition coefficient (Wildman–Crippen LogP) is 4.00. The highest BCUT2D eigenvalue weighted by molar-refractivity contribution is 7.98. The van der Waals surface area contributed by atoms with Crippen molar-refractivity contribution in [2.75, 3.05) is 7.11 Å². The van der Waals surface area contributed by atoms with Gasteiger partial charge in [0, 0.05) is 10.6 Å². The molecule has 0 saturated carbocycles. The quantitative estimate of drug-likeness (QED) is 0.789. The lowest BCUT2D eigenvalue weighted by molar-refractivity contribution is 0.413. The summed E-state index contributed by atoms with van der Waals surface area (Å²) >= 11 is 1.51. The predicted molar refractivity (Wildman–Crippen MR) is 73.7 cm³/mol. The summed E-state index contributed by atoms with van der Waals surface area (Å²) in [5, 5.41) is 8.78. The van der Waals surface area contributed by atoms with Crippen LogP contribution in [0.4, 0.5) is 4.39 Å². The largest absolute Gasteiger partial charge is 0.497 e. The molecule has 0 aromatic heterocycles. The van der Waals surface area contributed by atoms with E-state index in [-0.39, 0.29) is 5.56 Å². The van der Waals surface area contributed by atoms with Crippen LogP contribution in [0.2, 0.25) is 0 Å². The van der Waals surface area contributed by atoms with Crippen molar-refractivity contribution < 1.29 is 9.13 Å². The maximum absolute atomic E-state index is 13.9. The van der Waals surface area contributed by atoms with E-state index >= 15 is 0 Å². The fourth-order valence-electron chi connectivity index (χ4n) is 1.63. The number of hydrogen-bond acceptors (Lipinski definition) is 3. The zero-order valence-electron chi connectivity index (χ0n) is 10.4. The molecule has 2 nitrogen and oxygen atoms in total. The Morgan fingerprint density at radius 1 is 1.26 bits per heavy atom. The van der Waals surface area contributed by atoms with Crippen LogP contribution in [0.15, 0.2) is 47.4 Å². The molecule has 96 valence electrons. The summed E-state index contributed by atoms with van der Waals surface area (Å²) in [6.45, 7) is 0. The highest BCUT2D eigenvalue weighted by atomic mass is 32.2. The minimum atomic E-state index is -0.430. The van der Waals surface area contributed by atoms with E-state index in [4.69, 9.17) is 10.00 Å². The molecule has 0 saturated heterocycles. The van der Waals surface area contributed by atoms with Gasteiger partial charge >= 0.3 is 0 Å². The van der Waals surface area contributed by atoms with E-state index in [1.54, 1.807) is 19.2 Å². The average Bonchev–Trinajstić information content (AvgIpc) is 2.46. The van der Waals surface area contributed by atoms with Crippen LogP contribution in [0.5, 0.6) is 5.75 Å². The first-order valence-electron chi connectivity index (χ1n) is 5.69. The van der Waals surface area contributed by atoms with Gasteiger partial charge in [-0.2, -0.15) is 5.26 Å². The number of halogens is 1. The Morgan fingerprint density at radius 2 is 2.05 bits per heavy atom. The molecule has 0 aliphatic heterocycles. The summed E-state index contributed by atoms with van der Waals surface area (Å²) < 4.78 is 19.0. The van der Waals surface area contributed by atoms with E-state index in [2.05, 4.69) is 0 Å². The molecule has 0 N–H and O–H groups in total. The van der Waals surface area contributed by atoms with Gasteiger partial charge in [-0.25, -0.2) is 4.39 Å². The number of benzene rings is 2. The van der Waals surface area contributed by atoms with Crippen molar-refractivity contribution in [3.63, 3.8) is 0 Å². The number of nitrogens with zero attached hydrogens (tertiary/aromatic N) is 1. The normalized spacial score (nSPS) is 9.95. The van der Waals surface area contributed by atoms with Gasteiger partial charge in [-0.1, -0.05) is 18.2 Å². The smallest absolute Gasteiger partial charge is 0.144 e. The van der Waals surface area contributed by atoms with E-state index in [1.165, 1.54) is 17.8 Å². The van der Waals surface area contributed by atoms with Gasteiger partial charge in [-0.05, 0) is 29.8 Å². The lowest BCUT2D eigenvalue weighted by atomic mass is 10.1. The van der Waals surface area contributed by atoms with Gasteiger partial charge in [0.05, 0.1) is 12.7 Å². The molecule has 2 rings (SSSR count). The molecule has 0 amide bonds. The fourth-order valence-corrected chi connectivity index (χ4v) is 2.55. The van der Waals surface area contributed by atoms with Crippen LogP contribution in [0.1, 0.15) is 11.1 Å². The van der Waals surface area contributed by atoms with Crippen LogP contribution in [0, 0.1) is 17.1 Å². The zero-order chi connectivity index (χ0) is 13.7. The van der Waals surface area contributed by atoms with E-state index in [0.29, 0.717) is 11.3 Å². The van der Waals surface area contributed by atoms with Crippen LogP contribution in [-0.4, -0.2) is 7.11 Å². The summed E-state index contributed by atoms with van der Waals surface area (Å²) in [7, 11) is 1.61. The third-order valence-corrected chi connectivity index (χ3v) is 3.68. The molecule has 4 heteroatoms. The number of nitriles is 1. The van der Waals surface area contributed by atoms with Crippen LogP contribution >= 0.6 is 11.8 Å². The summed E-state index contributed by atoms with van der Waals surface area (Å²) in [6, 6.07) is 14.3. The molecule has 0 unspecified atom stereocenters. The highest BCUT2D eigenvalue weighted by Crippen LogP contribution is 2.27. The Morgan fingerprint density at radius 3 is 2.79 bits per heavy atom. The van der Waals surface area contributed by atoms with Crippen molar-refractivity contribution in [1.29, 1.82) is 5.26 Å². The summed E-state index contributed by atoms with van der Waals surface area (Å²) in [5.74, 6) is 0.825. The van der Waals surface area contributed by atoms with Gasteiger partial charge in [0.2, 0.25) is 0 Å². The first kappa shape index (κ1) is 13.4. The van der Waals surface area contributed by atoms with Gasteiger partial charge in [-0.15, -0.1) is 11.8 Å². The van der Waals surface area contributed by atoms with Crippen molar-refractivity contribution in [2.45, 2.75) is 10.6 Å². The third kappa shape index (κ3) is 3.27. The lowest BCUT2D eigenvalue weighted by Crippen LogP contribution is -1.91. The SMILES string of the molecule is COc1cccc(SCc2cccc(C#N)c2F)c1. The monoisotopic (exact) mass is 273 g/mol. The van der Waals surface area contributed by atoms with Gasteiger partial charge in [0.15, 0.2) is 0 Å². The Labute approximate surface area is 115 Å². The minimum absolute atomic E-state index is 0.0868. The van der Waals surface area contributed by atoms with E-state index in [9.17, 15) is 4.39 Å². The molecule has 0 aliphatic rings. The van der Waals surface area contributed by atoms with Gasteiger partial charge in [0.1, 0.15) is 17.6 Å². The number of ether oxygens (including phenoxy) is 1. The zero-order valence-corrected chi connectivity index (χ0v) is 11.2. The van der Waals surface area contributed by atoms with E-state index < -0.39 is 5.82 Å². The second-order valence-corrected chi connectivity index (χ2v) is 4.91. The standard InChI is InChI=1S/C15H12FNOS/c1-18-13-6-3-7-14(8-13)19-10-12-5-2-4-11(9-17)15(12)16/h2-8H,10H2,1H3. The van der Waals surface area contributed by atoms with Crippen molar-refractivity contribution in [3.8, 4) is 11.8 Å². The second-order valence-electron chi connectivity index (χ2n) is 3.86. The van der Waals surface area contributed by atoms with Gasteiger partial charge in [-0.3, -0.25) is 0 Å². The molecule has 0 radical (unpaired) electrons. The Balaban J connectivity index is 2.12. The molecular formula is C15H12FNOS. The van der Waals surface area contributed by atoms with Gasteiger partial charge < -0.3 is 4.74 Å². The fraction of sp³-hybridized carbons (Fsp3) is 0.133. The summed E-state index contributed by atoms with van der Waals surface area (Å²) in [5.41, 5.74) is 0.621. The van der Waals surface area contributed by atoms with Crippen LogP contribution in [0.25, 0.3) is 0 Å². The Bertz CT molecular complexity index is 622. The second kappa shape index (κ2) is 6.26. The van der Waals surface area contributed by atoms with Crippen molar-refractivity contribution in [3.05, 3.63) is 59.4 Å². The molecule has 0 fully saturated rings. The molecule has 0 atom stereocenters. The van der Waals surface area contributed by atoms with E-state index in [1.807, 2.05) is 30.3 Å². The summed E-state index contributed by atoms with van der Waals surface area (Å²) in [6.07, 6.45) is 0. The molecule has 0 spiro atoms. The van der Waals surface area contributed by atoms with Crippen molar-refractivity contribution in [2.24, 2.45) is 0 Å². The van der Waals surface area contributed by atoms with Crippen molar-refractivity contribution >= 4 is 11.8 Å². The maximum atomic E-state index is 13.9. The van der Waals surface area contributed by atoms with Crippen molar-refractivity contribution in [1.82, 2.24) is 0 Å². The Kier molecular flexibility index (Phi) is 4.43. The molecule has 2 aromatic carbocycles. The van der Waals surface area contributed by atoms with Crippen LogP contribution < -0.4 is 4.74 Å². The molecule has 0 bridgehead atoms. The molecule has 19 heavy (non-hydrogen) atoms. The molecule has 0 aliphatic carbocycles. The topological polar surface area (TPSA) is 33.0 Å². The first-order valence-corrected chi connectivity index (χ1v) is 6.67. The van der Waals surface area contributed by atoms with Crippen LogP contribution in [-0.2, 0) is 5.75 Å². The lowest BCUT2D eigenvalue weighted by Gasteiger charge is -2.06. The Hall–Kier alpha value is -1.99. The summed E-state index contributed by atoms with van der Waals surface area (Å²) in [4.78, 5) is 1.00. The van der Waals surface area contributed by atoms with Gasteiger partial charge in [0.25, 0.3) is 0 Å². The number of rotatable bonds is 4. The first-order chi connectivity index (χ1) is 9.24. The number of hydrogen-bond donors (Lipinski definition) is 0.